The zero-order valence-corrected chi connectivity index (χ0v) is 10.6. The second-order valence-electron chi connectivity index (χ2n) is 4.29. The first-order valence-electron chi connectivity index (χ1n) is 6.07. The summed E-state index contributed by atoms with van der Waals surface area (Å²) in [5.41, 5.74) is 0.641. The Balaban J connectivity index is 1.97. The number of aliphatic hydroxyl groups is 1. The van der Waals surface area contributed by atoms with Crippen LogP contribution in [0.15, 0.2) is 48.5 Å². The Morgan fingerprint density at radius 3 is 2.45 bits per heavy atom. The Labute approximate surface area is 115 Å². The smallest absolute Gasteiger partial charge is 0.255 e. The van der Waals surface area contributed by atoms with Crippen molar-refractivity contribution in [2.24, 2.45) is 0 Å². The van der Waals surface area contributed by atoms with Gasteiger partial charge in [-0.15, -0.1) is 0 Å². The normalized spacial score (nSPS) is 11.9. The number of carbonyl (C=O) groups is 1. The monoisotopic (exact) mass is 275 g/mol. The van der Waals surface area contributed by atoms with Crippen molar-refractivity contribution in [1.82, 2.24) is 5.32 Å². The summed E-state index contributed by atoms with van der Waals surface area (Å²) in [6, 6.07) is 11.5. The van der Waals surface area contributed by atoms with Crippen LogP contribution in [0.5, 0.6) is 5.75 Å². The number of amides is 1. The van der Waals surface area contributed by atoms with E-state index < -0.39 is 12.0 Å². The lowest BCUT2D eigenvalue weighted by molar-refractivity contribution is 0.0913. The summed E-state index contributed by atoms with van der Waals surface area (Å²) < 4.78 is 12.8. The molecular formula is C15H14FNO3. The number of phenolic OH excluding ortho intramolecular Hbond substituents is 1. The fourth-order valence-electron chi connectivity index (χ4n) is 1.75. The Bertz CT molecular complexity index is 598. The van der Waals surface area contributed by atoms with Gasteiger partial charge in [0.25, 0.3) is 5.91 Å². The van der Waals surface area contributed by atoms with Gasteiger partial charge < -0.3 is 15.5 Å². The van der Waals surface area contributed by atoms with Gasteiger partial charge >= 0.3 is 0 Å². The SMILES string of the molecule is O=C(NCC(O)c1ccc(F)cc1)c1ccccc1O. The van der Waals surface area contributed by atoms with Crippen LogP contribution in [0.2, 0.25) is 0 Å². The molecule has 1 unspecified atom stereocenters. The number of benzene rings is 2. The molecule has 0 aliphatic rings. The Morgan fingerprint density at radius 1 is 1.15 bits per heavy atom. The number of hydrogen-bond acceptors (Lipinski definition) is 3. The van der Waals surface area contributed by atoms with Gasteiger partial charge in [0, 0.05) is 6.54 Å². The number of hydrogen-bond donors (Lipinski definition) is 3. The molecule has 2 rings (SSSR count). The highest BCUT2D eigenvalue weighted by atomic mass is 19.1. The minimum atomic E-state index is -0.939. The largest absolute Gasteiger partial charge is 0.507 e. The molecule has 2 aromatic rings. The second-order valence-corrected chi connectivity index (χ2v) is 4.29. The molecule has 0 aromatic heterocycles. The van der Waals surface area contributed by atoms with E-state index in [1.54, 1.807) is 12.1 Å². The molecule has 1 amide bonds. The molecule has 0 fully saturated rings. The van der Waals surface area contributed by atoms with Crippen molar-refractivity contribution in [1.29, 1.82) is 0 Å². The first kappa shape index (κ1) is 14.0. The van der Waals surface area contributed by atoms with Gasteiger partial charge in [0.15, 0.2) is 0 Å². The fourth-order valence-corrected chi connectivity index (χ4v) is 1.75. The van der Waals surface area contributed by atoms with Crippen LogP contribution >= 0.6 is 0 Å². The molecule has 4 nitrogen and oxygen atoms in total. The van der Waals surface area contributed by atoms with Gasteiger partial charge in [-0.3, -0.25) is 4.79 Å². The molecule has 20 heavy (non-hydrogen) atoms. The maximum Gasteiger partial charge on any atom is 0.255 e. The summed E-state index contributed by atoms with van der Waals surface area (Å²) in [5.74, 6) is -0.996. The minimum Gasteiger partial charge on any atom is -0.507 e. The van der Waals surface area contributed by atoms with Gasteiger partial charge in [-0.2, -0.15) is 0 Å². The number of aliphatic hydroxyl groups excluding tert-OH is 1. The lowest BCUT2D eigenvalue weighted by atomic mass is 10.1. The summed E-state index contributed by atoms with van der Waals surface area (Å²) in [7, 11) is 0. The summed E-state index contributed by atoms with van der Waals surface area (Å²) in [4.78, 5) is 11.8. The number of para-hydroxylation sites is 1. The molecule has 3 N–H and O–H groups in total. The zero-order valence-electron chi connectivity index (χ0n) is 10.6. The van der Waals surface area contributed by atoms with E-state index in [2.05, 4.69) is 5.32 Å². The van der Waals surface area contributed by atoms with Gasteiger partial charge in [-0.25, -0.2) is 4.39 Å². The van der Waals surface area contributed by atoms with E-state index in [1.807, 2.05) is 0 Å². The van der Waals surface area contributed by atoms with Crippen molar-refractivity contribution in [3.05, 3.63) is 65.5 Å². The van der Waals surface area contributed by atoms with E-state index in [1.165, 1.54) is 36.4 Å². The third-order valence-corrected chi connectivity index (χ3v) is 2.86. The van der Waals surface area contributed by atoms with Crippen molar-refractivity contribution >= 4 is 5.91 Å². The van der Waals surface area contributed by atoms with Crippen LogP contribution in [0.4, 0.5) is 4.39 Å². The molecule has 0 aliphatic carbocycles. The molecule has 0 spiro atoms. The maximum atomic E-state index is 12.8. The van der Waals surface area contributed by atoms with Gasteiger partial charge in [-0.05, 0) is 29.8 Å². The molecule has 0 saturated heterocycles. The number of rotatable bonds is 4. The third kappa shape index (κ3) is 3.33. The van der Waals surface area contributed by atoms with Crippen LogP contribution in [0.3, 0.4) is 0 Å². The van der Waals surface area contributed by atoms with Gasteiger partial charge in [-0.1, -0.05) is 24.3 Å². The van der Waals surface area contributed by atoms with Crippen LogP contribution in [0.25, 0.3) is 0 Å². The van der Waals surface area contributed by atoms with E-state index in [9.17, 15) is 19.4 Å². The molecule has 0 saturated carbocycles. The van der Waals surface area contributed by atoms with Gasteiger partial charge in [0.2, 0.25) is 0 Å². The zero-order chi connectivity index (χ0) is 14.5. The van der Waals surface area contributed by atoms with Crippen LogP contribution in [-0.4, -0.2) is 22.7 Å². The lowest BCUT2D eigenvalue weighted by Gasteiger charge is -2.12. The van der Waals surface area contributed by atoms with Crippen molar-refractivity contribution in [2.75, 3.05) is 6.54 Å². The first-order valence-corrected chi connectivity index (χ1v) is 6.07. The van der Waals surface area contributed by atoms with Crippen molar-refractivity contribution < 1.29 is 19.4 Å². The molecule has 0 heterocycles. The molecule has 0 bridgehead atoms. The average molecular weight is 275 g/mol. The summed E-state index contributed by atoms with van der Waals surface area (Å²) >= 11 is 0. The Hall–Kier alpha value is -2.40. The molecule has 0 radical (unpaired) electrons. The molecule has 5 heteroatoms. The topological polar surface area (TPSA) is 69.6 Å². The highest BCUT2D eigenvalue weighted by Gasteiger charge is 2.13. The van der Waals surface area contributed by atoms with Crippen LogP contribution in [0, 0.1) is 5.82 Å². The molecule has 1 atom stereocenters. The number of nitrogens with one attached hydrogen (secondary N) is 1. The van der Waals surface area contributed by atoms with Crippen LogP contribution < -0.4 is 5.32 Å². The lowest BCUT2D eigenvalue weighted by Crippen LogP contribution is -2.28. The Kier molecular flexibility index (Phi) is 4.32. The standard InChI is InChI=1S/C15H14FNO3/c16-11-7-5-10(6-8-11)14(19)9-17-15(20)12-3-1-2-4-13(12)18/h1-8,14,18-19H,9H2,(H,17,20). The highest BCUT2D eigenvalue weighted by molar-refractivity contribution is 5.96. The quantitative estimate of drug-likeness (QED) is 0.799. The van der Waals surface area contributed by atoms with Crippen molar-refractivity contribution in [3.8, 4) is 5.75 Å². The fraction of sp³-hybridized carbons (Fsp3) is 0.133. The third-order valence-electron chi connectivity index (χ3n) is 2.86. The highest BCUT2D eigenvalue weighted by Crippen LogP contribution is 2.16. The number of carbonyl (C=O) groups excluding carboxylic acids is 1. The minimum absolute atomic E-state index is 0.0290. The molecule has 2 aromatic carbocycles. The number of phenols is 1. The first-order chi connectivity index (χ1) is 9.58. The Morgan fingerprint density at radius 2 is 1.80 bits per heavy atom. The predicted molar refractivity (Wildman–Crippen MR) is 71.8 cm³/mol. The van der Waals surface area contributed by atoms with E-state index in [4.69, 9.17) is 0 Å². The van der Waals surface area contributed by atoms with Gasteiger partial charge in [0.05, 0.1) is 11.7 Å². The molecule has 104 valence electrons. The van der Waals surface area contributed by atoms with Crippen LogP contribution in [0.1, 0.15) is 22.0 Å². The molecule has 0 aliphatic heterocycles. The summed E-state index contributed by atoms with van der Waals surface area (Å²) in [6.07, 6.45) is -0.939. The average Bonchev–Trinajstić information content (AvgIpc) is 2.45. The van der Waals surface area contributed by atoms with Crippen molar-refractivity contribution in [2.45, 2.75) is 6.10 Å². The van der Waals surface area contributed by atoms with E-state index in [-0.39, 0.29) is 23.7 Å². The number of aromatic hydroxyl groups is 1. The molecular weight excluding hydrogens is 261 g/mol. The number of halogens is 1. The predicted octanol–water partition coefficient (Wildman–Crippen LogP) is 1.99. The maximum absolute atomic E-state index is 12.8. The van der Waals surface area contributed by atoms with Crippen LogP contribution in [-0.2, 0) is 0 Å². The van der Waals surface area contributed by atoms with Gasteiger partial charge in [0.1, 0.15) is 11.6 Å². The second kappa shape index (κ2) is 6.16. The summed E-state index contributed by atoms with van der Waals surface area (Å²) in [5, 5.41) is 21.9. The van der Waals surface area contributed by atoms with E-state index >= 15 is 0 Å². The van der Waals surface area contributed by atoms with Crippen molar-refractivity contribution in [3.63, 3.8) is 0 Å². The van der Waals surface area contributed by atoms with E-state index in [0.29, 0.717) is 5.56 Å². The van der Waals surface area contributed by atoms with E-state index in [0.717, 1.165) is 0 Å². The summed E-state index contributed by atoms with van der Waals surface area (Å²) in [6.45, 7) is -0.0290.